The van der Waals surface area contributed by atoms with E-state index in [0.717, 1.165) is 11.3 Å². The van der Waals surface area contributed by atoms with Crippen molar-refractivity contribution >= 4 is 17.5 Å². The van der Waals surface area contributed by atoms with Crippen LogP contribution in [0.2, 0.25) is 5.15 Å². The van der Waals surface area contributed by atoms with Crippen molar-refractivity contribution in [2.24, 2.45) is 0 Å². The van der Waals surface area contributed by atoms with Gasteiger partial charge < -0.3 is 5.32 Å². The normalized spacial score (nSPS) is 10.4. The van der Waals surface area contributed by atoms with Crippen LogP contribution in [-0.4, -0.2) is 17.4 Å². The van der Waals surface area contributed by atoms with Gasteiger partial charge in [0, 0.05) is 17.8 Å². The molecular formula is C13H17ClN2O. The van der Waals surface area contributed by atoms with E-state index in [1.807, 2.05) is 20.8 Å². The summed E-state index contributed by atoms with van der Waals surface area (Å²) in [5.41, 5.74) is 2.26. The van der Waals surface area contributed by atoms with E-state index in [0.29, 0.717) is 17.3 Å². The van der Waals surface area contributed by atoms with Gasteiger partial charge in [0.1, 0.15) is 5.15 Å². The number of carbonyl (C=O) groups excluding carboxylic acids is 1. The SMILES string of the molecule is C=C(C)CNC(=O)c1cc(Cl)nc(C(C)C)c1. The van der Waals surface area contributed by atoms with Gasteiger partial charge in [-0.2, -0.15) is 0 Å². The highest BCUT2D eigenvalue weighted by atomic mass is 35.5. The lowest BCUT2D eigenvalue weighted by Gasteiger charge is -2.09. The number of nitrogens with one attached hydrogen (secondary N) is 1. The second-order valence-electron chi connectivity index (χ2n) is 4.40. The molecule has 17 heavy (non-hydrogen) atoms. The first-order valence-electron chi connectivity index (χ1n) is 5.50. The van der Waals surface area contributed by atoms with Gasteiger partial charge in [-0.05, 0) is 25.0 Å². The van der Waals surface area contributed by atoms with E-state index < -0.39 is 0 Å². The van der Waals surface area contributed by atoms with Crippen LogP contribution in [0.3, 0.4) is 0 Å². The summed E-state index contributed by atoms with van der Waals surface area (Å²) in [5, 5.41) is 3.11. The maximum Gasteiger partial charge on any atom is 0.251 e. The van der Waals surface area contributed by atoms with Crippen LogP contribution in [-0.2, 0) is 0 Å². The van der Waals surface area contributed by atoms with Gasteiger partial charge in [0.2, 0.25) is 0 Å². The van der Waals surface area contributed by atoms with E-state index >= 15 is 0 Å². The summed E-state index contributed by atoms with van der Waals surface area (Å²) in [4.78, 5) is 16.0. The summed E-state index contributed by atoms with van der Waals surface area (Å²) in [6, 6.07) is 3.34. The van der Waals surface area contributed by atoms with Crippen molar-refractivity contribution in [3.05, 3.63) is 40.7 Å². The van der Waals surface area contributed by atoms with Crippen LogP contribution in [0.25, 0.3) is 0 Å². The third kappa shape index (κ3) is 4.19. The highest BCUT2D eigenvalue weighted by molar-refractivity contribution is 6.29. The largest absolute Gasteiger partial charge is 0.348 e. The number of nitrogens with zero attached hydrogens (tertiary/aromatic N) is 1. The van der Waals surface area contributed by atoms with Crippen molar-refractivity contribution in [2.75, 3.05) is 6.54 Å². The fraction of sp³-hybridized carbons (Fsp3) is 0.385. The van der Waals surface area contributed by atoms with Crippen LogP contribution in [0.1, 0.15) is 42.7 Å². The Bertz CT molecular complexity index is 441. The molecule has 0 saturated carbocycles. The van der Waals surface area contributed by atoms with Crippen LogP contribution in [0.5, 0.6) is 0 Å². The molecule has 4 heteroatoms. The predicted octanol–water partition coefficient (Wildman–Crippen LogP) is 3.16. The molecule has 1 N–H and O–H groups in total. The number of hydrogen-bond acceptors (Lipinski definition) is 2. The zero-order valence-corrected chi connectivity index (χ0v) is 11.1. The lowest BCUT2D eigenvalue weighted by Crippen LogP contribution is -2.25. The van der Waals surface area contributed by atoms with Gasteiger partial charge in [0.25, 0.3) is 5.91 Å². The third-order valence-corrected chi connectivity index (χ3v) is 2.41. The predicted molar refractivity (Wildman–Crippen MR) is 70.5 cm³/mol. The molecule has 1 rings (SSSR count). The van der Waals surface area contributed by atoms with E-state index in [-0.39, 0.29) is 11.8 Å². The van der Waals surface area contributed by atoms with Crippen molar-refractivity contribution in [1.29, 1.82) is 0 Å². The van der Waals surface area contributed by atoms with E-state index in [9.17, 15) is 4.79 Å². The average molecular weight is 253 g/mol. The molecule has 1 heterocycles. The molecule has 0 atom stereocenters. The van der Waals surface area contributed by atoms with E-state index in [1.165, 1.54) is 0 Å². The lowest BCUT2D eigenvalue weighted by atomic mass is 10.1. The number of amides is 1. The summed E-state index contributed by atoms with van der Waals surface area (Å²) in [6.07, 6.45) is 0. The van der Waals surface area contributed by atoms with Crippen LogP contribution >= 0.6 is 11.6 Å². The molecule has 0 spiro atoms. The van der Waals surface area contributed by atoms with Crippen molar-refractivity contribution in [3.63, 3.8) is 0 Å². The maximum absolute atomic E-state index is 11.8. The Hall–Kier alpha value is -1.35. The first kappa shape index (κ1) is 13.7. The summed E-state index contributed by atoms with van der Waals surface area (Å²) in [7, 11) is 0. The van der Waals surface area contributed by atoms with Gasteiger partial charge in [-0.25, -0.2) is 4.98 Å². The van der Waals surface area contributed by atoms with E-state index in [2.05, 4.69) is 16.9 Å². The average Bonchev–Trinajstić information content (AvgIpc) is 2.24. The van der Waals surface area contributed by atoms with Crippen molar-refractivity contribution in [1.82, 2.24) is 10.3 Å². The first-order valence-corrected chi connectivity index (χ1v) is 5.88. The molecule has 0 aliphatic heterocycles. The topological polar surface area (TPSA) is 42.0 Å². The van der Waals surface area contributed by atoms with Gasteiger partial charge in [-0.15, -0.1) is 0 Å². The van der Waals surface area contributed by atoms with Crippen LogP contribution in [0.15, 0.2) is 24.3 Å². The Morgan fingerprint density at radius 3 is 2.71 bits per heavy atom. The molecule has 0 saturated heterocycles. The quantitative estimate of drug-likeness (QED) is 0.661. The van der Waals surface area contributed by atoms with Crippen LogP contribution in [0, 0.1) is 0 Å². The molecule has 3 nitrogen and oxygen atoms in total. The molecular weight excluding hydrogens is 236 g/mol. The first-order chi connectivity index (χ1) is 7.90. The van der Waals surface area contributed by atoms with Gasteiger partial charge in [0.05, 0.1) is 0 Å². The van der Waals surface area contributed by atoms with Crippen LogP contribution in [0.4, 0.5) is 0 Å². The number of hydrogen-bond donors (Lipinski definition) is 1. The highest BCUT2D eigenvalue weighted by Crippen LogP contribution is 2.17. The summed E-state index contributed by atoms with van der Waals surface area (Å²) in [6.45, 7) is 10.1. The summed E-state index contributed by atoms with van der Waals surface area (Å²) in [5.74, 6) is 0.0839. The Balaban J connectivity index is 2.90. The molecule has 1 amide bonds. The molecule has 0 fully saturated rings. The zero-order valence-electron chi connectivity index (χ0n) is 10.4. The number of carbonyl (C=O) groups is 1. The minimum atomic E-state index is -0.154. The molecule has 0 aromatic carbocycles. The Morgan fingerprint density at radius 2 is 2.18 bits per heavy atom. The smallest absolute Gasteiger partial charge is 0.251 e. The standard InChI is InChI=1S/C13H17ClN2O/c1-8(2)7-15-13(17)10-5-11(9(3)4)16-12(14)6-10/h5-6,9H,1,7H2,2-4H3,(H,15,17). The minimum Gasteiger partial charge on any atom is -0.348 e. The van der Waals surface area contributed by atoms with Gasteiger partial charge in [-0.1, -0.05) is 37.6 Å². The summed E-state index contributed by atoms with van der Waals surface area (Å²) >= 11 is 5.89. The van der Waals surface area contributed by atoms with Gasteiger partial charge >= 0.3 is 0 Å². The third-order valence-electron chi connectivity index (χ3n) is 2.22. The number of pyridine rings is 1. The van der Waals surface area contributed by atoms with Crippen molar-refractivity contribution < 1.29 is 4.79 Å². The molecule has 0 aliphatic rings. The van der Waals surface area contributed by atoms with E-state index in [1.54, 1.807) is 12.1 Å². The Morgan fingerprint density at radius 1 is 1.53 bits per heavy atom. The molecule has 1 aromatic rings. The minimum absolute atomic E-state index is 0.154. The second-order valence-corrected chi connectivity index (χ2v) is 4.79. The molecule has 0 unspecified atom stereocenters. The number of rotatable bonds is 4. The monoisotopic (exact) mass is 252 g/mol. The van der Waals surface area contributed by atoms with Crippen molar-refractivity contribution in [2.45, 2.75) is 26.7 Å². The molecule has 0 bridgehead atoms. The van der Waals surface area contributed by atoms with Crippen LogP contribution < -0.4 is 5.32 Å². The number of halogens is 1. The zero-order chi connectivity index (χ0) is 13.0. The summed E-state index contributed by atoms with van der Waals surface area (Å²) < 4.78 is 0. The Labute approximate surface area is 107 Å². The van der Waals surface area contributed by atoms with E-state index in [4.69, 9.17) is 11.6 Å². The maximum atomic E-state index is 11.8. The highest BCUT2D eigenvalue weighted by Gasteiger charge is 2.10. The molecule has 0 radical (unpaired) electrons. The Kier molecular flexibility index (Phi) is 4.70. The van der Waals surface area contributed by atoms with Gasteiger partial charge in [0.15, 0.2) is 0 Å². The second kappa shape index (κ2) is 5.82. The lowest BCUT2D eigenvalue weighted by molar-refractivity contribution is 0.0957. The molecule has 1 aromatic heterocycles. The molecule has 92 valence electrons. The van der Waals surface area contributed by atoms with Gasteiger partial charge in [-0.3, -0.25) is 4.79 Å². The number of aromatic nitrogens is 1. The molecule has 0 aliphatic carbocycles. The van der Waals surface area contributed by atoms with Crippen molar-refractivity contribution in [3.8, 4) is 0 Å². The fourth-order valence-electron chi connectivity index (χ4n) is 1.28. The fourth-order valence-corrected chi connectivity index (χ4v) is 1.49.